The predicted molar refractivity (Wildman–Crippen MR) is 68.4 cm³/mol. The standard InChI is InChI=1S/C13H17N3O/c1-15-8-9-16(13(15)17)12-6-2-4-11(10-12)5-3-7-14/h2,4,6,8-10H,3,5,7,14H2,1H3. The van der Waals surface area contributed by atoms with E-state index in [0.29, 0.717) is 6.54 Å². The van der Waals surface area contributed by atoms with Crippen LogP contribution in [0.15, 0.2) is 41.5 Å². The summed E-state index contributed by atoms with van der Waals surface area (Å²) < 4.78 is 3.21. The molecule has 0 saturated heterocycles. The number of nitrogens with zero attached hydrogens (tertiary/aromatic N) is 2. The fourth-order valence-corrected chi connectivity index (χ4v) is 1.83. The maximum atomic E-state index is 11.8. The molecule has 0 fully saturated rings. The maximum Gasteiger partial charge on any atom is 0.332 e. The van der Waals surface area contributed by atoms with Gasteiger partial charge in [-0.3, -0.25) is 4.57 Å². The molecule has 2 N–H and O–H groups in total. The Morgan fingerprint density at radius 3 is 2.76 bits per heavy atom. The molecule has 0 amide bonds. The molecule has 0 bridgehead atoms. The van der Waals surface area contributed by atoms with Crippen LogP contribution in [0.4, 0.5) is 0 Å². The zero-order valence-corrected chi connectivity index (χ0v) is 9.97. The van der Waals surface area contributed by atoms with Gasteiger partial charge in [-0.15, -0.1) is 0 Å². The number of aromatic nitrogens is 2. The molecule has 0 atom stereocenters. The third-order valence-corrected chi connectivity index (χ3v) is 2.81. The van der Waals surface area contributed by atoms with Crippen molar-refractivity contribution >= 4 is 0 Å². The van der Waals surface area contributed by atoms with Crippen molar-refractivity contribution in [1.82, 2.24) is 9.13 Å². The second-order valence-corrected chi connectivity index (χ2v) is 4.12. The van der Waals surface area contributed by atoms with Gasteiger partial charge in [-0.05, 0) is 37.1 Å². The first-order valence-corrected chi connectivity index (χ1v) is 5.76. The van der Waals surface area contributed by atoms with Crippen LogP contribution in [0.5, 0.6) is 0 Å². The molecule has 17 heavy (non-hydrogen) atoms. The molecule has 1 aromatic heterocycles. The van der Waals surface area contributed by atoms with Crippen LogP contribution in [0.1, 0.15) is 12.0 Å². The average molecular weight is 231 g/mol. The largest absolute Gasteiger partial charge is 0.332 e. The van der Waals surface area contributed by atoms with Crippen molar-refractivity contribution in [3.8, 4) is 5.69 Å². The van der Waals surface area contributed by atoms with E-state index in [2.05, 4.69) is 6.07 Å². The maximum absolute atomic E-state index is 11.8. The number of hydrogen-bond acceptors (Lipinski definition) is 2. The highest BCUT2D eigenvalue weighted by Crippen LogP contribution is 2.10. The van der Waals surface area contributed by atoms with Crippen LogP contribution in [0, 0.1) is 0 Å². The van der Waals surface area contributed by atoms with E-state index in [-0.39, 0.29) is 5.69 Å². The van der Waals surface area contributed by atoms with Crippen molar-refractivity contribution in [3.05, 3.63) is 52.7 Å². The zero-order chi connectivity index (χ0) is 12.3. The molecule has 0 aliphatic heterocycles. The summed E-state index contributed by atoms with van der Waals surface area (Å²) in [6.07, 6.45) is 5.46. The van der Waals surface area contributed by atoms with Gasteiger partial charge >= 0.3 is 5.69 Å². The smallest absolute Gasteiger partial charge is 0.330 e. The predicted octanol–water partition coefficient (Wildman–Crippen LogP) is 1.07. The van der Waals surface area contributed by atoms with Gasteiger partial charge in [-0.1, -0.05) is 12.1 Å². The van der Waals surface area contributed by atoms with Gasteiger partial charge in [-0.25, -0.2) is 4.79 Å². The number of hydrogen-bond donors (Lipinski definition) is 1. The number of benzene rings is 1. The number of nitrogens with two attached hydrogens (primary N) is 1. The van der Waals surface area contributed by atoms with Crippen LogP contribution in [0.3, 0.4) is 0 Å². The summed E-state index contributed by atoms with van der Waals surface area (Å²) >= 11 is 0. The zero-order valence-electron chi connectivity index (χ0n) is 9.97. The SMILES string of the molecule is Cn1ccn(-c2cccc(CCCN)c2)c1=O. The molecule has 0 aliphatic rings. The summed E-state index contributed by atoms with van der Waals surface area (Å²) in [5.41, 5.74) is 7.59. The lowest BCUT2D eigenvalue weighted by molar-refractivity contribution is 0.816. The molecule has 4 nitrogen and oxygen atoms in total. The molecule has 2 rings (SSSR count). The Balaban J connectivity index is 2.33. The Morgan fingerprint density at radius 1 is 1.29 bits per heavy atom. The molecule has 2 aromatic rings. The van der Waals surface area contributed by atoms with Crippen molar-refractivity contribution in [1.29, 1.82) is 0 Å². The number of imidazole rings is 1. The Bertz CT molecular complexity index is 554. The van der Waals surface area contributed by atoms with Gasteiger partial charge in [0.25, 0.3) is 0 Å². The molecule has 0 aliphatic carbocycles. The summed E-state index contributed by atoms with van der Waals surface area (Å²) in [6.45, 7) is 0.690. The molecule has 0 radical (unpaired) electrons. The Labute approximate surface area is 100 Å². The Hall–Kier alpha value is -1.81. The molecule has 1 heterocycles. The molecular formula is C13H17N3O. The van der Waals surface area contributed by atoms with Crippen molar-refractivity contribution < 1.29 is 0 Å². The van der Waals surface area contributed by atoms with E-state index in [4.69, 9.17) is 5.73 Å². The lowest BCUT2D eigenvalue weighted by Crippen LogP contribution is -2.20. The van der Waals surface area contributed by atoms with Crippen LogP contribution >= 0.6 is 0 Å². The summed E-state index contributed by atoms with van der Waals surface area (Å²) in [5.74, 6) is 0. The fraction of sp³-hybridized carbons (Fsp3) is 0.308. The van der Waals surface area contributed by atoms with Crippen molar-refractivity contribution in [3.63, 3.8) is 0 Å². The summed E-state index contributed by atoms with van der Waals surface area (Å²) in [5, 5.41) is 0. The molecule has 0 saturated carbocycles. The monoisotopic (exact) mass is 231 g/mol. The Morgan fingerprint density at radius 2 is 2.12 bits per heavy atom. The quantitative estimate of drug-likeness (QED) is 0.855. The van der Waals surface area contributed by atoms with Gasteiger partial charge in [-0.2, -0.15) is 0 Å². The fourth-order valence-electron chi connectivity index (χ4n) is 1.83. The van der Waals surface area contributed by atoms with Gasteiger partial charge in [0.15, 0.2) is 0 Å². The molecule has 0 unspecified atom stereocenters. The first-order valence-electron chi connectivity index (χ1n) is 5.76. The highest BCUT2D eigenvalue weighted by molar-refractivity contribution is 5.35. The molecule has 1 aromatic carbocycles. The van der Waals surface area contributed by atoms with Crippen LogP contribution in [0.25, 0.3) is 5.69 Å². The number of aryl methyl sites for hydroxylation is 2. The van der Waals surface area contributed by atoms with E-state index in [0.717, 1.165) is 18.5 Å². The molecular weight excluding hydrogens is 214 g/mol. The normalized spacial score (nSPS) is 10.7. The van der Waals surface area contributed by atoms with E-state index in [1.165, 1.54) is 5.56 Å². The highest BCUT2D eigenvalue weighted by Gasteiger charge is 2.03. The van der Waals surface area contributed by atoms with Crippen LogP contribution < -0.4 is 11.4 Å². The van der Waals surface area contributed by atoms with E-state index in [9.17, 15) is 4.79 Å². The van der Waals surface area contributed by atoms with Gasteiger partial charge in [0.05, 0.1) is 5.69 Å². The average Bonchev–Trinajstić information content (AvgIpc) is 2.68. The van der Waals surface area contributed by atoms with Crippen LogP contribution in [-0.4, -0.2) is 15.7 Å². The lowest BCUT2D eigenvalue weighted by Gasteiger charge is -2.04. The van der Waals surface area contributed by atoms with Gasteiger partial charge in [0.2, 0.25) is 0 Å². The van der Waals surface area contributed by atoms with Gasteiger partial charge in [0, 0.05) is 19.4 Å². The number of rotatable bonds is 4. The third kappa shape index (κ3) is 2.47. The minimum absolute atomic E-state index is 0.0269. The second-order valence-electron chi connectivity index (χ2n) is 4.12. The summed E-state index contributed by atoms with van der Waals surface area (Å²) in [6, 6.07) is 8.01. The van der Waals surface area contributed by atoms with Crippen molar-refractivity contribution in [2.45, 2.75) is 12.8 Å². The highest BCUT2D eigenvalue weighted by atomic mass is 16.1. The lowest BCUT2D eigenvalue weighted by atomic mass is 10.1. The van der Waals surface area contributed by atoms with Gasteiger partial charge < -0.3 is 10.3 Å². The van der Waals surface area contributed by atoms with Crippen molar-refractivity contribution in [2.75, 3.05) is 6.54 Å². The first-order chi connectivity index (χ1) is 8.22. The first kappa shape index (κ1) is 11.7. The van der Waals surface area contributed by atoms with Crippen LogP contribution in [-0.2, 0) is 13.5 Å². The summed E-state index contributed by atoms with van der Waals surface area (Å²) in [7, 11) is 1.75. The van der Waals surface area contributed by atoms with Gasteiger partial charge in [0.1, 0.15) is 0 Å². The van der Waals surface area contributed by atoms with Crippen LogP contribution in [0.2, 0.25) is 0 Å². The summed E-state index contributed by atoms with van der Waals surface area (Å²) in [4.78, 5) is 11.8. The van der Waals surface area contributed by atoms with E-state index < -0.39 is 0 Å². The van der Waals surface area contributed by atoms with E-state index >= 15 is 0 Å². The minimum atomic E-state index is -0.0269. The Kier molecular flexibility index (Phi) is 3.44. The second kappa shape index (κ2) is 5.01. The molecule has 4 heteroatoms. The van der Waals surface area contributed by atoms with Crippen molar-refractivity contribution in [2.24, 2.45) is 12.8 Å². The van der Waals surface area contributed by atoms with E-state index in [1.807, 2.05) is 18.2 Å². The third-order valence-electron chi connectivity index (χ3n) is 2.81. The molecule has 0 spiro atoms. The minimum Gasteiger partial charge on any atom is -0.330 e. The molecule has 90 valence electrons. The van der Waals surface area contributed by atoms with E-state index in [1.54, 1.807) is 28.6 Å². The topological polar surface area (TPSA) is 52.9 Å².